The molecule has 2 heterocycles. The normalized spacial score (nSPS) is 11.3. The zero-order chi connectivity index (χ0) is 21.1. The molecule has 2 aromatic carbocycles. The van der Waals surface area contributed by atoms with Crippen LogP contribution in [0.3, 0.4) is 0 Å². The number of hydrogen-bond donors (Lipinski definition) is 1. The van der Waals surface area contributed by atoms with Crippen molar-refractivity contribution >= 4 is 27.3 Å². The van der Waals surface area contributed by atoms with Gasteiger partial charge in [0.2, 0.25) is 5.88 Å². The first kappa shape index (κ1) is 19.9. The quantitative estimate of drug-likeness (QED) is 0.464. The van der Waals surface area contributed by atoms with Gasteiger partial charge in [0, 0.05) is 29.2 Å². The molecule has 0 spiro atoms. The molecule has 9 heteroatoms. The molecule has 0 aliphatic heterocycles. The van der Waals surface area contributed by atoms with E-state index in [9.17, 15) is 8.42 Å². The highest BCUT2D eigenvalue weighted by Gasteiger charge is 2.15. The average molecular weight is 441 g/mol. The molecular weight excluding hydrogens is 424 g/mol. The van der Waals surface area contributed by atoms with E-state index in [0.29, 0.717) is 28.2 Å². The fourth-order valence-corrected chi connectivity index (χ4v) is 3.99. The van der Waals surface area contributed by atoms with Gasteiger partial charge in [-0.15, -0.1) is 10.2 Å². The Morgan fingerprint density at radius 3 is 2.33 bits per heavy atom. The van der Waals surface area contributed by atoms with Gasteiger partial charge in [-0.3, -0.25) is 4.72 Å². The Morgan fingerprint density at radius 2 is 1.70 bits per heavy atom. The minimum atomic E-state index is -3.75. The van der Waals surface area contributed by atoms with E-state index in [-0.39, 0.29) is 4.90 Å². The topological polar surface area (TPSA) is 86.1 Å². The molecule has 0 saturated heterocycles. The first-order chi connectivity index (χ1) is 14.4. The number of benzene rings is 2. The van der Waals surface area contributed by atoms with Gasteiger partial charge >= 0.3 is 0 Å². The Balaban J connectivity index is 1.44. The van der Waals surface area contributed by atoms with E-state index in [4.69, 9.17) is 16.3 Å². The molecule has 0 fully saturated rings. The summed E-state index contributed by atoms with van der Waals surface area (Å²) in [6.07, 6.45) is 3.74. The Morgan fingerprint density at radius 1 is 0.967 bits per heavy atom. The molecule has 0 unspecified atom stereocenters. The number of anilines is 1. The second-order valence-electron chi connectivity index (χ2n) is 6.46. The van der Waals surface area contributed by atoms with Gasteiger partial charge in [0.05, 0.1) is 4.90 Å². The maximum absolute atomic E-state index is 12.5. The fourth-order valence-electron chi connectivity index (χ4n) is 2.66. The lowest BCUT2D eigenvalue weighted by Crippen LogP contribution is -2.12. The molecule has 30 heavy (non-hydrogen) atoms. The van der Waals surface area contributed by atoms with Gasteiger partial charge in [0.1, 0.15) is 5.75 Å². The number of nitrogens with one attached hydrogen (secondary N) is 1. The van der Waals surface area contributed by atoms with Crippen molar-refractivity contribution in [2.75, 3.05) is 4.72 Å². The summed E-state index contributed by atoms with van der Waals surface area (Å²) in [5, 5.41) is 8.56. The lowest BCUT2D eigenvalue weighted by Gasteiger charge is -2.10. The second-order valence-corrected chi connectivity index (χ2v) is 8.55. The van der Waals surface area contributed by atoms with Crippen molar-refractivity contribution in [3.63, 3.8) is 0 Å². The van der Waals surface area contributed by atoms with Crippen LogP contribution in [0.4, 0.5) is 5.69 Å². The largest absolute Gasteiger partial charge is 0.438 e. The molecule has 0 radical (unpaired) electrons. The number of aromatic nitrogens is 3. The fraction of sp³-hybridized carbons (Fsp3) is 0.0476. The summed E-state index contributed by atoms with van der Waals surface area (Å²) >= 11 is 6.04. The first-order valence-electron chi connectivity index (χ1n) is 8.95. The second kappa shape index (κ2) is 8.17. The SMILES string of the molecule is Cc1ccc(S(=O)(=O)Nc2ccc(Oc3ccc(-n4cccc4)nn3)cc2)cc1Cl. The summed E-state index contributed by atoms with van der Waals surface area (Å²) in [4.78, 5) is 0.0940. The summed E-state index contributed by atoms with van der Waals surface area (Å²) in [6.45, 7) is 1.81. The maximum Gasteiger partial charge on any atom is 0.261 e. The van der Waals surface area contributed by atoms with Crippen LogP contribution in [0.25, 0.3) is 5.82 Å². The third kappa shape index (κ3) is 4.45. The Kier molecular flexibility index (Phi) is 5.43. The van der Waals surface area contributed by atoms with Gasteiger partial charge < -0.3 is 9.30 Å². The van der Waals surface area contributed by atoms with Crippen molar-refractivity contribution < 1.29 is 13.2 Å². The predicted molar refractivity (Wildman–Crippen MR) is 115 cm³/mol. The zero-order valence-corrected chi connectivity index (χ0v) is 17.4. The van der Waals surface area contributed by atoms with E-state index < -0.39 is 10.0 Å². The van der Waals surface area contributed by atoms with Crippen LogP contribution < -0.4 is 9.46 Å². The molecule has 7 nitrogen and oxygen atoms in total. The van der Waals surface area contributed by atoms with Crippen molar-refractivity contribution in [2.45, 2.75) is 11.8 Å². The number of sulfonamides is 1. The van der Waals surface area contributed by atoms with Crippen molar-refractivity contribution in [2.24, 2.45) is 0 Å². The van der Waals surface area contributed by atoms with Gasteiger partial charge in [-0.1, -0.05) is 17.7 Å². The summed E-state index contributed by atoms with van der Waals surface area (Å²) in [5.74, 6) is 1.50. The number of rotatable bonds is 6. The van der Waals surface area contributed by atoms with Gasteiger partial charge in [-0.25, -0.2) is 8.42 Å². The minimum absolute atomic E-state index is 0.0940. The molecule has 0 amide bonds. The highest BCUT2D eigenvalue weighted by Crippen LogP contribution is 2.25. The van der Waals surface area contributed by atoms with Crippen LogP contribution in [0.2, 0.25) is 5.02 Å². The monoisotopic (exact) mass is 440 g/mol. The number of aryl methyl sites for hydroxylation is 1. The highest BCUT2D eigenvalue weighted by atomic mass is 35.5. The van der Waals surface area contributed by atoms with Gasteiger partial charge in [0.25, 0.3) is 10.0 Å². The van der Waals surface area contributed by atoms with E-state index in [0.717, 1.165) is 5.56 Å². The van der Waals surface area contributed by atoms with E-state index in [1.807, 2.05) is 36.0 Å². The van der Waals surface area contributed by atoms with Crippen LogP contribution in [0.15, 0.2) is 84.0 Å². The lowest BCUT2D eigenvalue weighted by molar-refractivity contribution is 0.454. The Hall–Kier alpha value is -3.36. The smallest absolute Gasteiger partial charge is 0.261 e. The minimum Gasteiger partial charge on any atom is -0.438 e. The van der Waals surface area contributed by atoms with Crippen molar-refractivity contribution in [3.05, 3.63) is 89.7 Å². The molecule has 0 aliphatic carbocycles. The molecule has 1 N–H and O–H groups in total. The number of hydrogen-bond acceptors (Lipinski definition) is 5. The van der Waals surface area contributed by atoms with Crippen LogP contribution >= 0.6 is 11.6 Å². The van der Waals surface area contributed by atoms with Crippen molar-refractivity contribution in [1.29, 1.82) is 0 Å². The van der Waals surface area contributed by atoms with E-state index in [1.165, 1.54) is 12.1 Å². The lowest BCUT2D eigenvalue weighted by atomic mass is 10.2. The van der Waals surface area contributed by atoms with E-state index in [1.54, 1.807) is 42.5 Å². The molecule has 0 bridgehead atoms. The molecule has 0 saturated carbocycles. The molecular formula is C21H17ClN4O3S. The number of nitrogens with zero attached hydrogens (tertiary/aromatic N) is 3. The summed E-state index contributed by atoms with van der Waals surface area (Å²) < 4.78 is 35.1. The third-order valence-corrected chi connectivity index (χ3v) is 6.06. The molecule has 2 aromatic heterocycles. The summed E-state index contributed by atoms with van der Waals surface area (Å²) in [7, 11) is -3.75. The first-order valence-corrected chi connectivity index (χ1v) is 10.8. The molecule has 152 valence electrons. The van der Waals surface area contributed by atoms with Crippen LogP contribution in [0.1, 0.15) is 5.56 Å². The third-order valence-electron chi connectivity index (χ3n) is 4.28. The van der Waals surface area contributed by atoms with Crippen LogP contribution in [-0.2, 0) is 10.0 Å². The van der Waals surface area contributed by atoms with E-state index >= 15 is 0 Å². The van der Waals surface area contributed by atoms with Crippen LogP contribution in [0.5, 0.6) is 11.6 Å². The van der Waals surface area contributed by atoms with Crippen LogP contribution in [0, 0.1) is 6.92 Å². The maximum atomic E-state index is 12.5. The Labute approximate surface area is 179 Å². The highest BCUT2D eigenvalue weighted by molar-refractivity contribution is 7.92. The standard InChI is InChI=1S/C21H17ClN4O3S/c1-15-4-9-18(14-19(15)22)30(27,28)25-16-5-7-17(8-6-16)29-21-11-10-20(23-24-21)26-12-2-3-13-26/h2-14,25H,1H3. The van der Waals surface area contributed by atoms with Gasteiger partial charge in [-0.05, 0) is 67.1 Å². The van der Waals surface area contributed by atoms with Gasteiger partial charge in [0.15, 0.2) is 5.82 Å². The number of halogens is 1. The van der Waals surface area contributed by atoms with Crippen molar-refractivity contribution in [1.82, 2.24) is 14.8 Å². The summed E-state index contributed by atoms with van der Waals surface area (Å²) in [6, 6.07) is 18.4. The van der Waals surface area contributed by atoms with E-state index in [2.05, 4.69) is 14.9 Å². The Bertz CT molecular complexity index is 1260. The molecule has 4 aromatic rings. The van der Waals surface area contributed by atoms with Gasteiger partial charge in [-0.2, -0.15) is 0 Å². The van der Waals surface area contributed by atoms with Crippen LogP contribution in [-0.4, -0.2) is 23.2 Å². The molecule has 0 aliphatic rings. The molecule has 4 rings (SSSR count). The number of ether oxygens (including phenoxy) is 1. The summed E-state index contributed by atoms with van der Waals surface area (Å²) in [5.41, 5.74) is 1.20. The average Bonchev–Trinajstić information content (AvgIpc) is 3.27. The zero-order valence-electron chi connectivity index (χ0n) is 15.9. The molecule has 0 atom stereocenters. The predicted octanol–water partition coefficient (Wildman–Crippen LogP) is 4.82. The van der Waals surface area contributed by atoms with Crippen molar-refractivity contribution in [3.8, 4) is 17.4 Å².